The highest BCUT2D eigenvalue weighted by Crippen LogP contribution is 2.38. The molecule has 11 heteroatoms. The van der Waals surface area contributed by atoms with Crippen LogP contribution in [-0.2, 0) is 16.1 Å². The minimum absolute atomic E-state index is 0.135. The van der Waals surface area contributed by atoms with Gasteiger partial charge in [-0.25, -0.2) is 9.79 Å². The van der Waals surface area contributed by atoms with E-state index in [1.807, 2.05) is 60.7 Å². The van der Waals surface area contributed by atoms with Crippen LogP contribution < -0.4 is 24.4 Å². The molecule has 0 fully saturated rings. The number of hydrogen-bond acceptors (Lipinski definition) is 7. The van der Waals surface area contributed by atoms with Crippen LogP contribution in [-0.4, -0.2) is 24.3 Å². The zero-order chi connectivity index (χ0) is 33.1. The van der Waals surface area contributed by atoms with Gasteiger partial charge in [-0.2, -0.15) is 0 Å². The fraction of sp³-hybridized carbons (Fsp3) is 0.139. The molecular weight excluding hydrogens is 679 g/mol. The summed E-state index contributed by atoms with van der Waals surface area (Å²) < 4.78 is 19.1. The second-order valence-electron chi connectivity index (χ2n) is 10.4. The number of halogens is 3. The highest BCUT2D eigenvalue weighted by Gasteiger charge is 2.35. The van der Waals surface area contributed by atoms with Crippen LogP contribution in [0.2, 0.25) is 15.1 Å². The molecule has 7 nitrogen and oxygen atoms in total. The maximum atomic E-state index is 14.2. The first-order valence-electron chi connectivity index (χ1n) is 14.6. The second-order valence-corrected chi connectivity index (χ2v) is 12.7. The fourth-order valence-corrected chi connectivity index (χ4v) is 7.03. The number of hydrogen-bond donors (Lipinski definition) is 0. The van der Waals surface area contributed by atoms with E-state index in [9.17, 15) is 9.59 Å². The van der Waals surface area contributed by atoms with E-state index in [1.165, 1.54) is 18.4 Å². The summed E-state index contributed by atoms with van der Waals surface area (Å²) >= 11 is 20.2. The number of carbonyl (C=O) groups is 1. The van der Waals surface area contributed by atoms with Gasteiger partial charge in [0.15, 0.2) is 16.3 Å². The van der Waals surface area contributed by atoms with Crippen molar-refractivity contribution in [3.8, 4) is 11.5 Å². The molecule has 1 aliphatic rings. The largest absolute Gasteiger partial charge is 0.493 e. The van der Waals surface area contributed by atoms with Gasteiger partial charge >= 0.3 is 5.97 Å². The topological polar surface area (TPSA) is 79.1 Å². The van der Waals surface area contributed by atoms with E-state index in [0.29, 0.717) is 42.1 Å². The van der Waals surface area contributed by atoms with Gasteiger partial charge in [-0.15, -0.1) is 0 Å². The number of nitrogens with zero attached hydrogens (tertiary/aromatic N) is 2. The molecule has 0 N–H and O–H groups in total. The van der Waals surface area contributed by atoms with E-state index in [1.54, 1.807) is 47.9 Å². The number of thiazole rings is 1. The van der Waals surface area contributed by atoms with Crippen molar-refractivity contribution < 1.29 is 19.0 Å². The number of rotatable bonds is 9. The van der Waals surface area contributed by atoms with Crippen LogP contribution >= 0.6 is 46.1 Å². The van der Waals surface area contributed by atoms with E-state index in [0.717, 1.165) is 16.7 Å². The Morgan fingerprint density at radius 1 is 0.957 bits per heavy atom. The summed E-state index contributed by atoms with van der Waals surface area (Å²) in [6.07, 6.45) is 1.72. The Balaban J connectivity index is 1.47. The van der Waals surface area contributed by atoms with Crippen molar-refractivity contribution in [1.82, 2.24) is 4.57 Å². The molecule has 1 aliphatic heterocycles. The van der Waals surface area contributed by atoms with Crippen LogP contribution in [0.15, 0.2) is 106 Å². The molecule has 0 aliphatic carbocycles. The van der Waals surface area contributed by atoms with Crippen LogP contribution in [0.5, 0.6) is 11.5 Å². The van der Waals surface area contributed by atoms with Gasteiger partial charge in [0, 0.05) is 21.2 Å². The maximum absolute atomic E-state index is 14.2. The van der Waals surface area contributed by atoms with Crippen LogP contribution in [0.1, 0.15) is 35.2 Å². The van der Waals surface area contributed by atoms with E-state index < -0.39 is 12.0 Å². The number of methoxy groups -OCH3 is 1. The smallest absolute Gasteiger partial charge is 0.338 e. The third kappa shape index (κ3) is 6.73. The van der Waals surface area contributed by atoms with E-state index in [2.05, 4.69) is 0 Å². The summed E-state index contributed by atoms with van der Waals surface area (Å²) in [5, 5.41) is 1.27. The van der Waals surface area contributed by atoms with Gasteiger partial charge in [0.25, 0.3) is 5.56 Å². The van der Waals surface area contributed by atoms with Gasteiger partial charge in [0.05, 0.1) is 40.6 Å². The van der Waals surface area contributed by atoms with Crippen LogP contribution in [0.3, 0.4) is 0 Å². The molecule has 0 saturated heterocycles. The van der Waals surface area contributed by atoms with Crippen molar-refractivity contribution in [3.05, 3.63) is 154 Å². The highest BCUT2D eigenvalue weighted by molar-refractivity contribution is 7.07. The number of aromatic nitrogens is 1. The number of esters is 1. The maximum Gasteiger partial charge on any atom is 0.338 e. The van der Waals surface area contributed by atoms with Crippen LogP contribution in [0.4, 0.5) is 0 Å². The van der Waals surface area contributed by atoms with Gasteiger partial charge in [-0.3, -0.25) is 9.36 Å². The zero-order valence-corrected chi connectivity index (χ0v) is 28.3. The fourth-order valence-electron chi connectivity index (χ4n) is 5.29. The molecule has 0 spiro atoms. The SMILES string of the molecule is CCOC(=O)C1=C(c2ccccc2)N=c2s/c(=C\c3cc(Cl)c(OCc4ccc(Cl)cc4Cl)c(OC)c3)c(=O)n2[C@H]1c1ccccc1. The quantitative estimate of drug-likeness (QED) is 0.149. The molecule has 0 saturated carbocycles. The number of ether oxygens (including phenoxy) is 3. The Morgan fingerprint density at radius 3 is 2.36 bits per heavy atom. The van der Waals surface area contributed by atoms with Gasteiger partial charge < -0.3 is 14.2 Å². The minimum Gasteiger partial charge on any atom is -0.493 e. The van der Waals surface area contributed by atoms with Crippen molar-refractivity contribution in [2.45, 2.75) is 19.6 Å². The van der Waals surface area contributed by atoms with Gasteiger partial charge in [-0.1, -0.05) is 113 Å². The molecule has 0 radical (unpaired) electrons. The third-order valence-electron chi connectivity index (χ3n) is 7.43. The van der Waals surface area contributed by atoms with E-state index in [-0.39, 0.29) is 29.4 Å². The Kier molecular flexibility index (Phi) is 9.84. The molecule has 5 aromatic rings. The summed E-state index contributed by atoms with van der Waals surface area (Å²) in [5.74, 6) is 0.166. The Bertz CT molecular complexity index is 2180. The van der Waals surface area contributed by atoms with Crippen molar-refractivity contribution >= 4 is 63.9 Å². The number of fused-ring (bicyclic) bond motifs is 1. The molecule has 1 atom stereocenters. The average molecular weight is 706 g/mol. The molecule has 0 unspecified atom stereocenters. The predicted octanol–water partition coefficient (Wildman–Crippen LogP) is 7.48. The van der Waals surface area contributed by atoms with Gasteiger partial charge in [0.2, 0.25) is 0 Å². The molecule has 238 valence electrons. The normalized spacial score (nSPS) is 14.4. The summed E-state index contributed by atoms with van der Waals surface area (Å²) in [4.78, 5) is 33.1. The minimum atomic E-state index is -0.766. The molecule has 0 amide bonds. The van der Waals surface area contributed by atoms with Crippen molar-refractivity contribution in [2.75, 3.05) is 13.7 Å². The molecule has 1 aromatic heterocycles. The standard InChI is InChI=1S/C36H27Cl3N2O5S/c1-3-45-35(43)30-31(22-10-6-4-7-11-22)40-36-41(32(30)23-12-8-5-9-13-23)34(42)29(47-36)18-21-16-27(39)33(28(17-21)44-2)46-20-24-14-15-25(37)19-26(24)38/h4-19,32H,3,20H2,1-2H3/b29-18-/t32-/m0/s1. The zero-order valence-electron chi connectivity index (χ0n) is 25.2. The first-order chi connectivity index (χ1) is 22.8. The van der Waals surface area contributed by atoms with Crippen molar-refractivity contribution in [1.29, 1.82) is 0 Å². The second kappa shape index (κ2) is 14.2. The number of carbonyl (C=O) groups excluding carboxylic acids is 1. The Hall–Kier alpha value is -4.34. The lowest BCUT2D eigenvalue weighted by Gasteiger charge is -2.25. The Labute approximate surface area is 289 Å². The summed E-state index contributed by atoms with van der Waals surface area (Å²) in [7, 11) is 1.51. The third-order valence-corrected chi connectivity index (χ3v) is 9.28. The van der Waals surface area contributed by atoms with Gasteiger partial charge in [-0.05, 0) is 48.4 Å². The molecule has 0 bridgehead atoms. The molecule has 47 heavy (non-hydrogen) atoms. The average Bonchev–Trinajstić information content (AvgIpc) is 3.38. The van der Waals surface area contributed by atoms with Crippen molar-refractivity contribution in [2.24, 2.45) is 4.99 Å². The predicted molar refractivity (Wildman–Crippen MR) is 186 cm³/mol. The highest BCUT2D eigenvalue weighted by atomic mass is 35.5. The summed E-state index contributed by atoms with van der Waals surface area (Å²) in [5.41, 5.74) is 3.25. The Morgan fingerprint density at radius 2 is 1.68 bits per heavy atom. The monoisotopic (exact) mass is 704 g/mol. The van der Waals surface area contributed by atoms with Crippen molar-refractivity contribution in [3.63, 3.8) is 0 Å². The first kappa shape index (κ1) is 32.6. The molecular formula is C36H27Cl3N2O5S. The summed E-state index contributed by atoms with van der Waals surface area (Å²) in [6.45, 7) is 2.05. The van der Waals surface area contributed by atoms with Crippen LogP contribution in [0, 0.1) is 0 Å². The summed E-state index contributed by atoms with van der Waals surface area (Å²) in [6, 6.07) is 26.6. The first-order valence-corrected chi connectivity index (χ1v) is 16.5. The lowest BCUT2D eigenvalue weighted by atomic mass is 9.93. The molecule has 4 aromatic carbocycles. The van der Waals surface area contributed by atoms with Gasteiger partial charge in [0.1, 0.15) is 6.61 Å². The van der Waals surface area contributed by atoms with E-state index >= 15 is 0 Å². The lowest BCUT2D eigenvalue weighted by molar-refractivity contribution is -0.138. The lowest BCUT2D eigenvalue weighted by Crippen LogP contribution is -2.39. The molecule has 2 heterocycles. The van der Waals surface area contributed by atoms with Crippen LogP contribution in [0.25, 0.3) is 11.8 Å². The number of benzene rings is 4. The van der Waals surface area contributed by atoms with E-state index in [4.69, 9.17) is 54.0 Å². The molecule has 6 rings (SSSR count).